The van der Waals surface area contributed by atoms with Gasteiger partial charge in [-0.15, -0.1) is 0 Å². The summed E-state index contributed by atoms with van der Waals surface area (Å²) in [5.74, 6) is 0.937. The predicted octanol–water partition coefficient (Wildman–Crippen LogP) is 3.67. The summed E-state index contributed by atoms with van der Waals surface area (Å²) in [6, 6.07) is 4.93. The Morgan fingerprint density at radius 1 is 1.15 bits per heavy atom. The zero-order chi connectivity index (χ0) is 14.6. The minimum atomic E-state index is -4.37. The van der Waals surface area contributed by atoms with Gasteiger partial charge in [0.2, 0.25) is 0 Å². The van der Waals surface area contributed by atoms with Gasteiger partial charge in [0.05, 0.1) is 18.0 Å². The number of halogens is 3. The van der Waals surface area contributed by atoms with E-state index >= 15 is 0 Å². The van der Waals surface area contributed by atoms with Crippen LogP contribution in [0, 0.1) is 0 Å². The molecule has 0 spiro atoms. The van der Waals surface area contributed by atoms with E-state index in [1.165, 1.54) is 18.3 Å². The molecule has 2 N–H and O–H groups in total. The quantitative estimate of drug-likeness (QED) is 0.898. The van der Waals surface area contributed by atoms with Crippen molar-refractivity contribution in [2.45, 2.75) is 13.1 Å². The van der Waals surface area contributed by atoms with Gasteiger partial charge < -0.3 is 10.6 Å². The highest BCUT2D eigenvalue weighted by Crippen LogP contribution is 2.31. The van der Waals surface area contributed by atoms with E-state index in [9.17, 15) is 13.2 Å². The van der Waals surface area contributed by atoms with Crippen molar-refractivity contribution in [1.82, 2.24) is 9.97 Å². The van der Waals surface area contributed by atoms with E-state index < -0.39 is 11.7 Å². The number of anilines is 3. The van der Waals surface area contributed by atoms with E-state index in [4.69, 9.17) is 0 Å². The molecular weight excluding hydrogens is 269 g/mol. The topological polar surface area (TPSA) is 49.8 Å². The van der Waals surface area contributed by atoms with Crippen molar-refractivity contribution in [3.05, 3.63) is 42.2 Å². The first-order valence-corrected chi connectivity index (χ1v) is 5.99. The standard InChI is InChI=1S/C13H13F3N4/c1-2-18-11-7-17-8-12(20-11)19-10-5-3-4-9(6-10)13(14,15)16/h3-8H,2H2,1H3,(H2,18,19,20). The third-order valence-electron chi connectivity index (χ3n) is 2.45. The van der Waals surface area contributed by atoms with Crippen molar-refractivity contribution >= 4 is 17.3 Å². The summed E-state index contributed by atoms with van der Waals surface area (Å²) in [4.78, 5) is 8.14. The van der Waals surface area contributed by atoms with Gasteiger partial charge in [0.25, 0.3) is 0 Å². The summed E-state index contributed by atoms with van der Waals surface area (Å²) in [5.41, 5.74) is -0.402. The fourth-order valence-corrected chi connectivity index (χ4v) is 1.61. The maximum atomic E-state index is 12.6. The van der Waals surface area contributed by atoms with Crippen LogP contribution in [0.3, 0.4) is 0 Å². The van der Waals surface area contributed by atoms with Crippen molar-refractivity contribution in [3.63, 3.8) is 0 Å². The molecule has 1 aromatic carbocycles. The molecule has 4 nitrogen and oxygen atoms in total. The van der Waals surface area contributed by atoms with Crippen LogP contribution in [-0.4, -0.2) is 16.5 Å². The van der Waals surface area contributed by atoms with E-state index in [0.29, 0.717) is 23.9 Å². The van der Waals surface area contributed by atoms with Gasteiger partial charge in [-0.3, -0.25) is 4.98 Å². The third-order valence-corrected chi connectivity index (χ3v) is 2.45. The lowest BCUT2D eigenvalue weighted by Gasteiger charge is -2.10. The highest BCUT2D eigenvalue weighted by molar-refractivity contribution is 5.57. The fraction of sp³-hybridized carbons (Fsp3) is 0.231. The van der Waals surface area contributed by atoms with E-state index in [0.717, 1.165) is 12.1 Å². The maximum Gasteiger partial charge on any atom is 0.416 e. The van der Waals surface area contributed by atoms with Gasteiger partial charge >= 0.3 is 6.18 Å². The number of rotatable bonds is 4. The number of alkyl halides is 3. The molecule has 0 atom stereocenters. The molecule has 0 amide bonds. The summed E-state index contributed by atoms with van der Waals surface area (Å²) in [7, 11) is 0. The molecule has 0 unspecified atom stereocenters. The fourth-order valence-electron chi connectivity index (χ4n) is 1.61. The van der Waals surface area contributed by atoms with Crippen LogP contribution in [0.25, 0.3) is 0 Å². The number of hydrogen-bond donors (Lipinski definition) is 2. The molecule has 0 saturated heterocycles. The molecule has 106 valence electrons. The summed E-state index contributed by atoms with van der Waals surface area (Å²) in [6.07, 6.45) is -1.38. The molecule has 0 aliphatic heterocycles. The average molecular weight is 282 g/mol. The molecule has 0 aliphatic carbocycles. The van der Waals surface area contributed by atoms with Crippen molar-refractivity contribution in [2.24, 2.45) is 0 Å². The second-order valence-electron chi connectivity index (χ2n) is 4.02. The van der Waals surface area contributed by atoms with E-state index in [1.54, 1.807) is 6.20 Å². The second kappa shape index (κ2) is 5.77. The minimum Gasteiger partial charge on any atom is -0.369 e. The largest absolute Gasteiger partial charge is 0.416 e. The first-order chi connectivity index (χ1) is 9.49. The zero-order valence-corrected chi connectivity index (χ0v) is 10.7. The van der Waals surface area contributed by atoms with Crippen LogP contribution >= 0.6 is 0 Å². The van der Waals surface area contributed by atoms with Gasteiger partial charge in [0.15, 0.2) is 5.82 Å². The first kappa shape index (κ1) is 14.1. The second-order valence-corrected chi connectivity index (χ2v) is 4.02. The Bertz CT molecular complexity index is 584. The van der Waals surface area contributed by atoms with Crippen LogP contribution in [-0.2, 0) is 6.18 Å². The van der Waals surface area contributed by atoms with E-state index in [-0.39, 0.29) is 0 Å². The number of aromatic nitrogens is 2. The van der Waals surface area contributed by atoms with Crippen LogP contribution in [0.2, 0.25) is 0 Å². The first-order valence-electron chi connectivity index (χ1n) is 5.99. The number of benzene rings is 1. The SMILES string of the molecule is CCNc1cncc(Nc2cccc(C(F)(F)F)c2)n1. The lowest BCUT2D eigenvalue weighted by molar-refractivity contribution is -0.137. The zero-order valence-electron chi connectivity index (χ0n) is 10.7. The lowest BCUT2D eigenvalue weighted by Crippen LogP contribution is -2.06. The Hall–Kier alpha value is -2.31. The smallest absolute Gasteiger partial charge is 0.369 e. The molecule has 0 radical (unpaired) electrons. The molecule has 7 heteroatoms. The molecule has 0 saturated carbocycles. The van der Waals surface area contributed by atoms with Gasteiger partial charge in [-0.1, -0.05) is 6.07 Å². The van der Waals surface area contributed by atoms with E-state index in [1.807, 2.05) is 6.92 Å². The highest BCUT2D eigenvalue weighted by Gasteiger charge is 2.30. The summed E-state index contributed by atoms with van der Waals surface area (Å²) in [6.45, 7) is 2.59. The average Bonchev–Trinajstić information content (AvgIpc) is 2.39. The molecular formula is C13H13F3N4. The Morgan fingerprint density at radius 2 is 1.90 bits per heavy atom. The van der Waals surface area contributed by atoms with Crippen LogP contribution in [0.1, 0.15) is 12.5 Å². The summed E-state index contributed by atoms with van der Waals surface area (Å²) >= 11 is 0. The van der Waals surface area contributed by atoms with Gasteiger partial charge in [-0.25, -0.2) is 4.98 Å². The maximum absolute atomic E-state index is 12.6. The third kappa shape index (κ3) is 3.59. The molecule has 2 rings (SSSR count). The Balaban J connectivity index is 2.19. The number of nitrogens with zero attached hydrogens (tertiary/aromatic N) is 2. The highest BCUT2D eigenvalue weighted by atomic mass is 19.4. The van der Waals surface area contributed by atoms with Crippen molar-refractivity contribution < 1.29 is 13.2 Å². The molecule has 2 aromatic rings. The summed E-state index contributed by atoms with van der Waals surface area (Å²) in [5, 5.41) is 5.78. The summed E-state index contributed by atoms with van der Waals surface area (Å²) < 4.78 is 37.8. The molecule has 0 bridgehead atoms. The monoisotopic (exact) mass is 282 g/mol. The van der Waals surface area contributed by atoms with Crippen LogP contribution < -0.4 is 10.6 Å². The minimum absolute atomic E-state index is 0.308. The Labute approximate surface area is 114 Å². The molecule has 1 heterocycles. The van der Waals surface area contributed by atoms with Gasteiger partial charge in [0.1, 0.15) is 5.82 Å². The van der Waals surface area contributed by atoms with Crippen molar-refractivity contribution in [3.8, 4) is 0 Å². The van der Waals surface area contributed by atoms with Crippen LogP contribution in [0.5, 0.6) is 0 Å². The number of nitrogens with one attached hydrogen (secondary N) is 2. The lowest BCUT2D eigenvalue weighted by atomic mass is 10.2. The predicted molar refractivity (Wildman–Crippen MR) is 70.9 cm³/mol. The van der Waals surface area contributed by atoms with Crippen molar-refractivity contribution in [2.75, 3.05) is 17.2 Å². The van der Waals surface area contributed by atoms with Gasteiger partial charge in [-0.05, 0) is 25.1 Å². The molecule has 1 aromatic heterocycles. The molecule has 20 heavy (non-hydrogen) atoms. The molecule has 0 aliphatic rings. The van der Waals surface area contributed by atoms with Gasteiger partial charge in [-0.2, -0.15) is 13.2 Å². The Morgan fingerprint density at radius 3 is 2.60 bits per heavy atom. The normalized spacial score (nSPS) is 11.2. The Kier molecular flexibility index (Phi) is 4.07. The number of hydrogen-bond acceptors (Lipinski definition) is 4. The van der Waals surface area contributed by atoms with Gasteiger partial charge in [0, 0.05) is 12.2 Å². The molecule has 0 fully saturated rings. The van der Waals surface area contributed by atoms with Crippen molar-refractivity contribution in [1.29, 1.82) is 0 Å². The van der Waals surface area contributed by atoms with Crippen LogP contribution in [0.15, 0.2) is 36.7 Å². The van der Waals surface area contributed by atoms with E-state index in [2.05, 4.69) is 20.6 Å². The van der Waals surface area contributed by atoms with Crippen LogP contribution in [0.4, 0.5) is 30.5 Å².